The van der Waals surface area contributed by atoms with Crippen LogP contribution >= 0.6 is 11.8 Å². The van der Waals surface area contributed by atoms with Gasteiger partial charge in [0.15, 0.2) is 0 Å². The van der Waals surface area contributed by atoms with Crippen LogP contribution < -0.4 is 14.8 Å². The van der Waals surface area contributed by atoms with Gasteiger partial charge < -0.3 is 24.6 Å². The van der Waals surface area contributed by atoms with Crippen molar-refractivity contribution < 1.29 is 23.5 Å². The Morgan fingerprint density at radius 1 is 1.05 bits per heavy atom. The largest absolute Gasteiger partial charge is 0.495 e. The standard InChI is InChI=1S/C33H35FN4O4S/c1-21-26(25-8-7-24(34)17-28(25)27(21)18-31(39)36-20-22-6-5-9-35-19-22)14-23-15-29(41-3)32(30(16-23)42-4)43-33(40)38-12-10-37(2)11-13-38/h5-9,14-17,19H,10-13,18,20H2,1-4H3,(H,36,39)/b26-14-. The molecule has 3 aromatic rings. The number of carbonyl (C=O) groups is 2. The molecule has 2 amide bonds. The third-order valence-corrected chi connectivity index (χ3v) is 8.79. The zero-order valence-corrected chi connectivity index (χ0v) is 25.6. The number of pyridine rings is 1. The Labute approximate surface area is 255 Å². The summed E-state index contributed by atoms with van der Waals surface area (Å²) in [5.74, 6) is 0.514. The molecule has 8 nitrogen and oxygen atoms in total. The summed E-state index contributed by atoms with van der Waals surface area (Å²) in [7, 11) is 5.18. The van der Waals surface area contributed by atoms with E-state index in [1.165, 1.54) is 12.1 Å². The Morgan fingerprint density at radius 2 is 1.77 bits per heavy atom. The van der Waals surface area contributed by atoms with Crippen LogP contribution in [-0.4, -0.2) is 73.4 Å². The molecule has 1 aliphatic heterocycles. The third kappa shape index (κ3) is 6.92. The molecule has 1 N–H and O–H groups in total. The highest BCUT2D eigenvalue weighted by atomic mass is 32.2. The van der Waals surface area contributed by atoms with Crippen LogP contribution in [-0.2, 0) is 11.3 Å². The molecule has 0 bridgehead atoms. The normalized spacial score (nSPS) is 15.9. The number of aromatic nitrogens is 1. The maximum atomic E-state index is 14.4. The van der Waals surface area contributed by atoms with E-state index in [1.807, 2.05) is 49.2 Å². The van der Waals surface area contributed by atoms with Crippen molar-refractivity contribution in [2.24, 2.45) is 0 Å². The van der Waals surface area contributed by atoms with Gasteiger partial charge in [0.1, 0.15) is 22.2 Å². The van der Waals surface area contributed by atoms with Crippen molar-refractivity contribution in [3.05, 3.63) is 88.5 Å². The van der Waals surface area contributed by atoms with Gasteiger partial charge in [-0.15, -0.1) is 0 Å². The minimum absolute atomic E-state index is 0.0484. The van der Waals surface area contributed by atoms with Crippen LogP contribution in [0.15, 0.2) is 65.3 Å². The number of halogens is 1. The molecule has 0 saturated carbocycles. The number of likely N-dealkylation sites (N-methyl/N-ethyl adjacent to an activating group) is 1. The number of nitrogens with zero attached hydrogens (tertiary/aromatic N) is 3. The highest BCUT2D eigenvalue weighted by Crippen LogP contribution is 2.46. The molecule has 0 spiro atoms. The predicted molar refractivity (Wildman–Crippen MR) is 167 cm³/mol. The van der Waals surface area contributed by atoms with Crippen molar-refractivity contribution in [3.8, 4) is 11.5 Å². The van der Waals surface area contributed by atoms with Gasteiger partial charge in [0.25, 0.3) is 5.24 Å². The maximum Gasteiger partial charge on any atom is 0.286 e. The van der Waals surface area contributed by atoms with E-state index in [4.69, 9.17) is 9.47 Å². The molecular formula is C33H35FN4O4S. The van der Waals surface area contributed by atoms with Crippen LogP contribution in [0.5, 0.6) is 11.5 Å². The second-order valence-electron chi connectivity index (χ2n) is 10.6. The van der Waals surface area contributed by atoms with Gasteiger partial charge in [-0.25, -0.2) is 4.39 Å². The summed E-state index contributed by atoms with van der Waals surface area (Å²) in [6.45, 7) is 5.32. The molecule has 10 heteroatoms. The predicted octanol–water partition coefficient (Wildman–Crippen LogP) is 5.73. The van der Waals surface area contributed by atoms with Crippen molar-refractivity contribution in [1.29, 1.82) is 0 Å². The number of benzene rings is 2. The Balaban J connectivity index is 1.43. The second-order valence-corrected chi connectivity index (χ2v) is 11.5. The van der Waals surface area contributed by atoms with E-state index in [0.717, 1.165) is 58.3 Å². The Morgan fingerprint density at radius 3 is 2.42 bits per heavy atom. The smallest absolute Gasteiger partial charge is 0.286 e. The van der Waals surface area contributed by atoms with E-state index in [2.05, 4.69) is 15.2 Å². The van der Waals surface area contributed by atoms with Crippen LogP contribution in [0.25, 0.3) is 17.2 Å². The van der Waals surface area contributed by atoms with E-state index in [9.17, 15) is 14.0 Å². The molecule has 2 aliphatic rings. The average molecular weight is 603 g/mol. The number of ether oxygens (including phenoxy) is 2. The SMILES string of the molecule is COc1cc(/C=C2/C(C)=C(CC(=O)NCc3cccnc3)c3cc(F)ccc32)cc(OC)c1SC(=O)N1CCN(C)CC1. The molecule has 2 heterocycles. The summed E-state index contributed by atoms with van der Waals surface area (Å²) in [5.41, 5.74) is 5.77. The van der Waals surface area contributed by atoms with Gasteiger partial charge in [-0.1, -0.05) is 12.1 Å². The number of hydrogen-bond acceptors (Lipinski definition) is 7. The van der Waals surface area contributed by atoms with Crippen molar-refractivity contribution in [3.63, 3.8) is 0 Å². The Bertz CT molecular complexity index is 1560. The first kappa shape index (κ1) is 30.3. The summed E-state index contributed by atoms with van der Waals surface area (Å²) in [5, 5.41) is 2.89. The lowest BCUT2D eigenvalue weighted by Crippen LogP contribution is -2.45. The van der Waals surface area contributed by atoms with Crippen molar-refractivity contribution in [1.82, 2.24) is 20.1 Å². The van der Waals surface area contributed by atoms with Crippen LogP contribution in [0.2, 0.25) is 0 Å². The summed E-state index contributed by atoms with van der Waals surface area (Å²) < 4.78 is 25.8. The molecule has 0 unspecified atom stereocenters. The van der Waals surface area contributed by atoms with Gasteiger partial charge in [-0.2, -0.15) is 0 Å². The average Bonchev–Trinajstić information content (AvgIpc) is 3.26. The lowest BCUT2D eigenvalue weighted by Gasteiger charge is -2.32. The molecule has 5 rings (SSSR count). The van der Waals surface area contributed by atoms with Gasteiger partial charge in [0, 0.05) is 45.1 Å². The van der Waals surface area contributed by atoms with Crippen LogP contribution in [0, 0.1) is 5.82 Å². The fourth-order valence-corrected chi connectivity index (χ4v) is 6.27. The monoisotopic (exact) mass is 602 g/mol. The number of carbonyl (C=O) groups excluding carboxylic acids is 2. The number of nitrogens with one attached hydrogen (secondary N) is 1. The van der Waals surface area contributed by atoms with Gasteiger partial charge in [0.05, 0.1) is 20.6 Å². The first-order valence-corrected chi connectivity index (χ1v) is 14.9. The van der Waals surface area contributed by atoms with Crippen LogP contribution in [0.3, 0.4) is 0 Å². The highest BCUT2D eigenvalue weighted by molar-refractivity contribution is 8.13. The van der Waals surface area contributed by atoms with Gasteiger partial charge in [-0.05, 0) is 101 Å². The van der Waals surface area contributed by atoms with Crippen LogP contribution in [0.4, 0.5) is 9.18 Å². The molecule has 2 aromatic carbocycles. The summed E-state index contributed by atoms with van der Waals surface area (Å²) in [4.78, 5) is 34.8. The summed E-state index contributed by atoms with van der Waals surface area (Å²) in [6, 6.07) is 12.1. The number of methoxy groups -OCH3 is 2. The summed E-state index contributed by atoms with van der Waals surface area (Å²) >= 11 is 1.10. The lowest BCUT2D eigenvalue weighted by atomic mass is 10.0. The minimum atomic E-state index is -0.365. The topological polar surface area (TPSA) is 84.0 Å². The molecule has 224 valence electrons. The molecule has 1 saturated heterocycles. The minimum Gasteiger partial charge on any atom is -0.495 e. The quantitative estimate of drug-likeness (QED) is 0.330. The molecular weight excluding hydrogens is 567 g/mol. The van der Waals surface area contributed by atoms with Crippen molar-refractivity contribution in [2.75, 3.05) is 47.4 Å². The number of allylic oxidation sites excluding steroid dienone is 2. The lowest BCUT2D eigenvalue weighted by molar-refractivity contribution is -0.120. The number of rotatable bonds is 8. The molecule has 0 atom stereocenters. The van der Waals surface area contributed by atoms with E-state index < -0.39 is 0 Å². The highest BCUT2D eigenvalue weighted by Gasteiger charge is 2.27. The summed E-state index contributed by atoms with van der Waals surface area (Å²) in [6.07, 6.45) is 5.48. The third-order valence-electron chi connectivity index (χ3n) is 7.75. The molecule has 1 fully saturated rings. The first-order valence-electron chi connectivity index (χ1n) is 14.1. The van der Waals surface area contributed by atoms with Crippen molar-refractivity contribution >= 4 is 40.1 Å². The van der Waals surface area contributed by atoms with E-state index >= 15 is 0 Å². The fraction of sp³-hybridized carbons (Fsp3) is 0.303. The Kier molecular flexibility index (Phi) is 9.47. The van der Waals surface area contributed by atoms with Gasteiger partial charge in [0.2, 0.25) is 5.91 Å². The number of fused-ring (bicyclic) bond motifs is 1. The molecule has 0 radical (unpaired) electrons. The molecule has 43 heavy (non-hydrogen) atoms. The fourth-order valence-electron chi connectivity index (χ4n) is 5.30. The van der Waals surface area contributed by atoms with Gasteiger partial charge in [-0.3, -0.25) is 14.6 Å². The van der Waals surface area contributed by atoms with Crippen molar-refractivity contribution in [2.45, 2.75) is 24.8 Å². The van der Waals surface area contributed by atoms with E-state index in [-0.39, 0.29) is 23.4 Å². The number of hydrogen-bond donors (Lipinski definition) is 1. The number of amides is 2. The first-order chi connectivity index (χ1) is 20.8. The second kappa shape index (κ2) is 13.4. The maximum absolute atomic E-state index is 14.4. The van der Waals surface area contributed by atoms with E-state index in [1.54, 1.807) is 32.7 Å². The zero-order valence-electron chi connectivity index (χ0n) is 24.8. The number of thioether (sulfide) groups is 1. The zero-order chi connectivity index (χ0) is 30.5. The molecule has 1 aliphatic carbocycles. The van der Waals surface area contributed by atoms with Gasteiger partial charge >= 0.3 is 0 Å². The number of piperazine rings is 1. The van der Waals surface area contributed by atoms with Crippen LogP contribution in [0.1, 0.15) is 35.6 Å². The molecule has 1 aromatic heterocycles. The van der Waals surface area contributed by atoms with E-state index in [0.29, 0.717) is 41.6 Å². The Hall–Kier alpha value is -4.15.